The van der Waals surface area contributed by atoms with E-state index < -0.39 is 0 Å². The molecular formula is C10H4ClN5. The lowest BCUT2D eigenvalue weighted by atomic mass is 10.2. The maximum absolute atomic E-state index is 8.92. The van der Waals surface area contributed by atoms with Crippen molar-refractivity contribution in [3.63, 3.8) is 0 Å². The maximum atomic E-state index is 8.92. The third-order valence-electron chi connectivity index (χ3n) is 1.92. The maximum Gasteiger partial charge on any atom is 0.252 e. The van der Waals surface area contributed by atoms with Gasteiger partial charge in [0.05, 0.1) is 11.3 Å². The van der Waals surface area contributed by atoms with Gasteiger partial charge in [0.15, 0.2) is 0 Å². The Kier molecular flexibility index (Phi) is 2.55. The molecule has 0 radical (unpaired) electrons. The summed E-state index contributed by atoms with van der Waals surface area (Å²) in [5, 5.41) is 21.9. The molecule has 1 heterocycles. The molecule has 0 atom stereocenters. The molecule has 2 aromatic rings. The second kappa shape index (κ2) is 4.01. The molecule has 0 fully saturated rings. The van der Waals surface area contributed by atoms with Crippen molar-refractivity contribution >= 4 is 11.6 Å². The van der Waals surface area contributed by atoms with Gasteiger partial charge >= 0.3 is 0 Å². The van der Waals surface area contributed by atoms with Crippen LogP contribution in [-0.4, -0.2) is 14.8 Å². The van der Waals surface area contributed by atoms with Crippen molar-refractivity contribution in [2.24, 2.45) is 0 Å². The van der Waals surface area contributed by atoms with E-state index in [4.69, 9.17) is 22.1 Å². The van der Waals surface area contributed by atoms with Gasteiger partial charge in [0.2, 0.25) is 0 Å². The van der Waals surface area contributed by atoms with Crippen LogP contribution in [0.3, 0.4) is 0 Å². The van der Waals surface area contributed by atoms with Gasteiger partial charge in [-0.15, -0.1) is 5.10 Å². The van der Waals surface area contributed by atoms with Crippen LogP contribution in [0.1, 0.15) is 11.4 Å². The summed E-state index contributed by atoms with van der Waals surface area (Å²) >= 11 is 5.83. The molecule has 0 N–H and O–H groups in total. The van der Waals surface area contributed by atoms with E-state index >= 15 is 0 Å². The number of nitrogens with zero attached hydrogens (tertiary/aromatic N) is 5. The van der Waals surface area contributed by atoms with Crippen molar-refractivity contribution < 1.29 is 0 Å². The number of nitriles is 2. The Morgan fingerprint density at radius 2 is 2.06 bits per heavy atom. The molecule has 1 aromatic heterocycles. The number of rotatable bonds is 1. The fourth-order valence-corrected chi connectivity index (χ4v) is 1.39. The van der Waals surface area contributed by atoms with Crippen LogP contribution in [0.2, 0.25) is 5.02 Å². The highest BCUT2D eigenvalue weighted by atomic mass is 35.5. The van der Waals surface area contributed by atoms with Crippen LogP contribution < -0.4 is 0 Å². The monoisotopic (exact) mass is 229 g/mol. The Morgan fingerprint density at radius 3 is 2.69 bits per heavy atom. The minimum Gasteiger partial charge on any atom is -0.218 e. The van der Waals surface area contributed by atoms with Gasteiger partial charge in [-0.25, -0.2) is 9.67 Å². The van der Waals surface area contributed by atoms with Crippen LogP contribution in [0, 0.1) is 22.7 Å². The molecule has 0 aliphatic carbocycles. The number of hydrogen-bond donors (Lipinski definition) is 0. The smallest absolute Gasteiger partial charge is 0.218 e. The molecule has 76 valence electrons. The summed E-state index contributed by atoms with van der Waals surface area (Å²) in [7, 11) is 0. The third-order valence-corrected chi connectivity index (χ3v) is 2.15. The lowest BCUT2D eigenvalue weighted by Gasteiger charge is -2.02. The van der Waals surface area contributed by atoms with Crippen LogP contribution in [0.25, 0.3) is 5.69 Å². The van der Waals surface area contributed by atoms with Gasteiger partial charge in [0, 0.05) is 5.02 Å². The largest absolute Gasteiger partial charge is 0.252 e. The van der Waals surface area contributed by atoms with Crippen molar-refractivity contribution in [3.8, 4) is 17.8 Å². The average molecular weight is 230 g/mol. The van der Waals surface area contributed by atoms with E-state index in [0.29, 0.717) is 16.3 Å². The Balaban J connectivity index is 2.60. The van der Waals surface area contributed by atoms with E-state index in [1.807, 2.05) is 12.1 Å². The SMILES string of the molecule is N#Cc1ncn(-c2cc(Cl)ccc2C#N)n1. The van der Waals surface area contributed by atoms with Crippen molar-refractivity contribution in [1.82, 2.24) is 14.8 Å². The molecule has 1 aromatic carbocycles. The molecule has 0 bridgehead atoms. The standard InChI is InChI=1S/C10H4ClN5/c11-8-2-1-7(4-12)9(3-8)16-6-14-10(5-13)15-16/h1-3,6H. The van der Waals surface area contributed by atoms with Gasteiger partial charge in [-0.1, -0.05) is 11.6 Å². The number of hydrogen-bond acceptors (Lipinski definition) is 4. The molecule has 6 heteroatoms. The highest BCUT2D eigenvalue weighted by Crippen LogP contribution is 2.18. The quantitative estimate of drug-likeness (QED) is 0.745. The zero-order valence-corrected chi connectivity index (χ0v) is 8.68. The fourth-order valence-electron chi connectivity index (χ4n) is 1.22. The molecule has 16 heavy (non-hydrogen) atoms. The van der Waals surface area contributed by atoms with Gasteiger partial charge < -0.3 is 0 Å². The topological polar surface area (TPSA) is 78.3 Å². The first-order chi connectivity index (χ1) is 7.74. The van der Waals surface area contributed by atoms with E-state index in [9.17, 15) is 0 Å². The van der Waals surface area contributed by atoms with E-state index in [-0.39, 0.29) is 5.82 Å². The van der Waals surface area contributed by atoms with Crippen LogP contribution in [0.5, 0.6) is 0 Å². The number of aromatic nitrogens is 3. The zero-order chi connectivity index (χ0) is 11.5. The predicted octanol–water partition coefficient (Wildman–Crippen LogP) is 1.66. The Labute approximate surface area is 96.1 Å². The summed E-state index contributed by atoms with van der Waals surface area (Å²) in [4.78, 5) is 3.75. The van der Waals surface area contributed by atoms with E-state index in [1.54, 1.807) is 18.2 Å². The third kappa shape index (κ3) is 1.72. The predicted molar refractivity (Wildman–Crippen MR) is 55.8 cm³/mol. The summed E-state index contributed by atoms with van der Waals surface area (Å²) in [6, 6.07) is 8.63. The van der Waals surface area contributed by atoms with Gasteiger partial charge in [-0.3, -0.25) is 0 Å². The molecule has 0 aliphatic heterocycles. The van der Waals surface area contributed by atoms with Crippen LogP contribution in [0.4, 0.5) is 0 Å². The van der Waals surface area contributed by atoms with Crippen LogP contribution in [-0.2, 0) is 0 Å². The van der Waals surface area contributed by atoms with Crippen molar-refractivity contribution in [2.75, 3.05) is 0 Å². The van der Waals surface area contributed by atoms with Gasteiger partial charge in [0.25, 0.3) is 5.82 Å². The molecule has 0 saturated heterocycles. The summed E-state index contributed by atoms with van der Waals surface area (Å²) in [6.07, 6.45) is 1.37. The van der Waals surface area contributed by atoms with Gasteiger partial charge in [0.1, 0.15) is 18.5 Å². The minimum atomic E-state index is 0.0452. The number of halogens is 1. The second-order valence-corrected chi connectivity index (χ2v) is 3.33. The Morgan fingerprint density at radius 1 is 1.25 bits per heavy atom. The van der Waals surface area contributed by atoms with Crippen molar-refractivity contribution in [1.29, 1.82) is 10.5 Å². The lowest BCUT2D eigenvalue weighted by molar-refractivity contribution is 0.869. The molecule has 0 aliphatic rings. The normalized spacial score (nSPS) is 9.44. The molecule has 0 saturated carbocycles. The molecule has 0 unspecified atom stereocenters. The summed E-state index contributed by atoms with van der Waals surface area (Å²) < 4.78 is 1.35. The van der Waals surface area contributed by atoms with Crippen LogP contribution >= 0.6 is 11.6 Å². The van der Waals surface area contributed by atoms with E-state index in [1.165, 1.54) is 11.0 Å². The first-order valence-electron chi connectivity index (χ1n) is 4.26. The molecule has 0 spiro atoms. The van der Waals surface area contributed by atoms with E-state index in [2.05, 4.69) is 10.1 Å². The first-order valence-corrected chi connectivity index (χ1v) is 4.64. The highest BCUT2D eigenvalue weighted by molar-refractivity contribution is 6.30. The Hall–Kier alpha value is -2.37. The minimum absolute atomic E-state index is 0.0452. The number of benzene rings is 1. The molecule has 5 nitrogen and oxygen atoms in total. The van der Waals surface area contributed by atoms with Crippen LogP contribution in [0.15, 0.2) is 24.5 Å². The van der Waals surface area contributed by atoms with Crippen molar-refractivity contribution in [2.45, 2.75) is 0 Å². The molecular weight excluding hydrogens is 226 g/mol. The lowest BCUT2D eigenvalue weighted by Crippen LogP contribution is -1.98. The van der Waals surface area contributed by atoms with Gasteiger partial charge in [-0.05, 0) is 18.2 Å². The second-order valence-electron chi connectivity index (χ2n) is 2.90. The van der Waals surface area contributed by atoms with Gasteiger partial charge in [-0.2, -0.15) is 10.5 Å². The summed E-state index contributed by atoms with van der Waals surface area (Å²) in [5.74, 6) is 0.0452. The van der Waals surface area contributed by atoms with Crippen molar-refractivity contribution in [3.05, 3.63) is 40.9 Å². The highest BCUT2D eigenvalue weighted by Gasteiger charge is 2.07. The molecule has 2 rings (SSSR count). The summed E-state index contributed by atoms with van der Waals surface area (Å²) in [6.45, 7) is 0. The fraction of sp³-hybridized carbons (Fsp3) is 0. The Bertz CT molecular complexity index is 617. The average Bonchev–Trinajstić information content (AvgIpc) is 2.77. The first kappa shape index (κ1) is 10.2. The zero-order valence-electron chi connectivity index (χ0n) is 7.92. The summed E-state index contributed by atoms with van der Waals surface area (Å²) in [5.41, 5.74) is 0.919. The van der Waals surface area contributed by atoms with E-state index in [0.717, 1.165) is 0 Å². The molecule has 0 amide bonds.